The van der Waals surface area contributed by atoms with Crippen molar-refractivity contribution in [1.29, 1.82) is 0 Å². The summed E-state index contributed by atoms with van der Waals surface area (Å²) in [6, 6.07) is 11.6. The Morgan fingerprint density at radius 2 is 1.85 bits per heavy atom. The van der Waals surface area contributed by atoms with Crippen LogP contribution in [0.2, 0.25) is 0 Å². The molecule has 2 aromatic rings. The summed E-state index contributed by atoms with van der Waals surface area (Å²) in [4.78, 5) is 23.3. The highest BCUT2D eigenvalue weighted by atomic mass is 16.5. The minimum absolute atomic E-state index is 0.0529. The van der Waals surface area contributed by atoms with E-state index < -0.39 is 0 Å². The highest BCUT2D eigenvalue weighted by Gasteiger charge is 2.14. The predicted molar refractivity (Wildman–Crippen MR) is 101 cm³/mol. The number of aromatic nitrogens is 2. The van der Waals surface area contributed by atoms with Crippen molar-refractivity contribution in [2.45, 2.75) is 39.2 Å². The molecule has 1 aromatic carbocycles. The second kappa shape index (κ2) is 9.17. The summed E-state index contributed by atoms with van der Waals surface area (Å²) in [5, 5.41) is 2.85. The highest BCUT2D eigenvalue weighted by Crippen LogP contribution is 2.19. The van der Waals surface area contributed by atoms with E-state index in [4.69, 9.17) is 4.74 Å². The van der Waals surface area contributed by atoms with Gasteiger partial charge in [-0.1, -0.05) is 43.2 Å². The first kappa shape index (κ1) is 18.2. The van der Waals surface area contributed by atoms with Crippen molar-refractivity contribution in [3.63, 3.8) is 0 Å². The van der Waals surface area contributed by atoms with E-state index in [1.54, 1.807) is 6.07 Å². The first-order valence-corrected chi connectivity index (χ1v) is 9.25. The van der Waals surface area contributed by atoms with Gasteiger partial charge >= 0.3 is 0 Å². The van der Waals surface area contributed by atoms with Gasteiger partial charge in [0.2, 0.25) is 11.8 Å². The van der Waals surface area contributed by atoms with Gasteiger partial charge in [-0.05, 0) is 25.3 Å². The van der Waals surface area contributed by atoms with E-state index in [0.29, 0.717) is 18.4 Å². The van der Waals surface area contributed by atoms with E-state index in [0.717, 1.165) is 37.2 Å². The van der Waals surface area contributed by atoms with Crippen LogP contribution in [0.4, 0.5) is 5.95 Å². The molecular weight excluding hydrogens is 328 g/mol. The Balaban J connectivity index is 1.54. The molecule has 1 aliphatic rings. The van der Waals surface area contributed by atoms with E-state index in [9.17, 15) is 4.79 Å². The second-order valence-corrected chi connectivity index (χ2v) is 6.60. The third-order valence-electron chi connectivity index (χ3n) is 4.39. The molecule has 0 bridgehead atoms. The number of nitrogens with zero attached hydrogens (tertiary/aromatic N) is 3. The zero-order valence-electron chi connectivity index (χ0n) is 15.3. The van der Waals surface area contributed by atoms with Crippen LogP contribution in [0.5, 0.6) is 5.88 Å². The minimum Gasteiger partial charge on any atom is -0.467 e. The van der Waals surface area contributed by atoms with E-state index >= 15 is 0 Å². The molecule has 0 spiro atoms. The molecule has 6 nitrogen and oxygen atoms in total. The van der Waals surface area contributed by atoms with Crippen LogP contribution < -0.4 is 15.0 Å². The van der Waals surface area contributed by atoms with E-state index in [-0.39, 0.29) is 12.5 Å². The van der Waals surface area contributed by atoms with E-state index in [1.165, 1.54) is 12.8 Å². The number of hydrogen-bond donors (Lipinski definition) is 1. The Morgan fingerprint density at radius 1 is 1.12 bits per heavy atom. The lowest BCUT2D eigenvalue weighted by Crippen LogP contribution is -2.29. The van der Waals surface area contributed by atoms with E-state index in [2.05, 4.69) is 20.2 Å². The van der Waals surface area contributed by atoms with E-state index in [1.807, 2.05) is 37.3 Å². The first-order valence-electron chi connectivity index (χ1n) is 9.25. The smallest absolute Gasteiger partial charge is 0.258 e. The Morgan fingerprint density at radius 3 is 2.58 bits per heavy atom. The molecule has 0 atom stereocenters. The summed E-state index contributed by atoms with van der Waals surface area (Å²) in [7, 11) is 0. The molecule has 3 rings (SSSR count). The number of amides is 1. The van der Waals surface area contributed by atoms with Crippen LogP contribution in [0.15, 0.2) is 36.4 Å². The number of nitrogens with one attached hydrogen (secondary N) is 1. The average molecular weight is 354 g/mol. The van der Waals surface area contributed by atoms with Gasteiger partial charge in [0.05, 0.1) is 0 Å². The summed E-state index contributed by atoms with van der Waals surface area (Å²) >= 11 is 0. The van der Waals surface area contributed by atoms with Gasteiger partial charge in [0.25, 0.3) is 5.91 Å². The number of carbonyl (C=O) groups is 1. The standard InChI is InChI=1S/C20H26N4O2/c1-16-13-19(23-20(22-16)24-11-7-2-3-8-12-24)26-15-18(25)21-14-17-9-5-4-6-10-17/h4-6,9-10,13H,2-3,7-8,11-12,14-15H2,1H3,(H,21,25). The van der Waals surface area contributed by atoms with Crippen LogP contribution >= 0.6 is 0 Å². The molecule has 1 aliphatic heterocycles. The maximum atomic E-state index is 12.0. The monoisotopic (exact) mass is 354 g/mol. The third-order valence-corrected chi connectivity index (χ3v) is 4.39. The van der Waals surface area contributed by atoms with Crippen LogP contribution in [0.1, 0.15) is 36.9 Å². The normalized spacial score (nSPS) is 14.6. The lowest BCUT2D eigenvalue weighted by molar-refractivity contribution is -0.123. The van der Waals surface area contributed by atoms with Crippen LogP contribution in [0.3, 0.4) is 0 Å². The van der Waals surface area contributed by atoms with Crippen LogP contribution in [0.25, 0.3) is 0 Å². The molecule has 1 N–H and O–H groups in total. The molecular formula is C20H26N4O2. The summed E-state index contributed by atoms with van der Waals surface area (Å²) in [6.07, 6.45) is 4.84. The van der Waals surface area contributed by atoms with Gasteiger partial charge in [-0.3, -0.25) is 4.79 Å². The Labute approximate surface area is 154 Å². The van der Waals surface area contributed by atoms with Gasteiger partial charge in [0.15, 0.2) is 6.61 Å². The van der Waals surface area contributed by atoms with Gasteiger partial charge in [-0.15, -0.1) is 0 Å². The molecule has 1 aromatic heterocycles. The fourth-order valence-electron chi connectivity index (χ4n) is 3.00. The van der Waals surface area contributed by atoms with Crippen molar-refractivity contribution in [1.82, 2.24) is 15.3 Å². The zero-order valence-corrected chi connectivity index (χ0v) is 15.3. The number of aryl methyl sites for hydroxylation is 1. The molecule has 0 unspecified atom stereocenters. The van der Waals surface area contributed by atoms with Crippen molar-refractivity contribution in [3.8, 4) is 5.88 Å². The van der Waals surface area contributed by atoms with Gasteiger partial charge in [0, 0.05) is 31.4 Å². The number of rotatable bonds is 6. The number of anilines is 1. The Bertz CT molecular complexity index is 713. The number of hydrogen-bond acceptors (Lipinski definition) is 5. The molecule has 2 heterocycles. The highest BCUT2D eigenvalue weighted by molar-refractivity contribution is 5.77. The zero-order chi connectivity index (χ0) is 18.2. The molecule has 1 amide bonds. The summed E-state index contributed by atoms with van der Waals surface area (Å²) < 4.78 is 5.61. The maximum absolute atomic E-state index is 12.0. The lowest BCUT2D eigenvalue weighted by atomic mass is 10.2. The van der Waals surface area contributed by atoms with Crippen molar-refractivity contribution in [2.75, 3.05) is 24.6 Å². The van der Waals surface area contributed by atoms with Crippen LogP contribution in [0, 0.1) is 6.92 Å². The topological polar surface area (TPSA) is 67.3 Å². The first-order chi connectivity index (χ1) is 12.7. The largest absolute Gasteiger partial charge is 0.467 e. The fraction of sp³-hybridized carbons (Fsp3) is 0.450. The van der Waals surface area contributed by atoms with Gasteiger partial charge < -0.3 is 15.0 Å². The molecule has 0 aliphatic carbocycles. The maximum Gasteiger partial charge on any atom is 0.258 e. The molecule has 26 heavy (non-hydrogen) atoms. The summed E-state index contributed by atoms with van der Waals surface area (Å²) in [5.74, 6) is 0.986. The molecule has 0 saturated carbocycles. The van der Waals surface area contributed by atoms with Gasteiger partial charge in [-0.25, -0.2) is 4.98 Å². The fourth-order valence-corrected chi connectivity index (χ4v) is 3.00. The SMILES string of the molecule is Cc1cc(OCC(=O)NCc2ccccc2)nc(N2CCCCCC2)n1. The Hall–Kier alpha value is -2.63. The number of carbonyl (C=O) groups excluding carboxylic acids is 1. The van der Waals surface area contributed by atoms with Crippen molar-refractivity contribution >= 4 is 11.9 Å². The number of ether oxygens (including phenoxy) is 1. The predicted octanol–water partition coefficient (Wildman–Crippen LogP) is 2.86. The van der Waals surface area contributed by atoms with Crippen LogP contribution in [-0.2, 0) is 11.3 Å². The van der Waals surface area contributed by atoms with Gasteiger partial charge in [-0.2, -0.15) is 4.98 Å². The molecule has 1 saturated heterocycles. The summed E-state index contributed by atoms with van der Waals surface area (Å²) in [6.45, 7) is 4.31. The molecule has 6 heteroatoms. The Kier molecular flexibility index (Phi) is 6.41. The second-order valence-electron chi connectivity index (χ2n) is 6.60. The third kappa shape index (κ3) is 5.44. The average Bonchev–Trinajstić information content (AvgIpc) is 2.95. The van der Waals surface area contributed by atoms with Crippen molar-refractivity contribution < 1.29 is 9.53 Å². The quantitative estimate of drug-likeness (QED) is 0.864. The molecule has 1 fully saturated rings. The lowest BCUT2D eigenvalue weighted by Gasteiger charge is -2.21. The van der Waals surface area contributed by atoms with Crippen molar-refractivity contribution in [2.24, 2.45) is 0 Å². The van der Waals surface area contributed by atoms with Gasteiger partial charge in [0.1, 0.15) is 0 Å². The summed E-state index contributed by atoms with van der Waals surface area (Å²) in [5.41, 5.74) is 1.90. The van der Waals surface area contributed by atoms with Crippen LogP contribution in [-0.4, -0.2) is 35.6 Å². The number of benzene rings is 1. The van der Waals surface area contributed by atoms with Crippen molar-refractivity contribution in [3.05, 3.63) is 47.7 Å². The minimum atomic E-state index is -0.165. The molecule has 0 radical (unpaired) electrons. The molecule has 138 valence electrons.